The second kappa shape index (κ2) is 23.3. The van der Waals surface area contributed by atoms with Crippen LogP contribution in [0.5, 0.6) is 0 Å². The van der Waals surface area contributed by atoms with Gasteiger partial charge in [0.25, 0.3) is 0 Å². The van der Waals surface area contributed by atoms with Crippen LogP contribution in [0.2, 0.25) is 0 Å². The maximum Gasteiger partial charge on any atom is 0.720 e. The van der Waals surface area contributed by atoms with Gasteiger partial charge in [-0.1, -0.05) is 0 Å². The quantitative estimate of drug-likeness (QED) is 0.457. The molecule has 0 unspecified atom stereocenters. The van der Waals surface area contributed by atoms with Gasteiger partial charge in [-0.15, -0.1) is 0 Å². The van der Waals surface area contributed by atoms with Gasteiger partial charge in [0.1, 0.15) is 0 Å². The fraction of sp³-hybridized carbons (Fsp3) is 0. The zero-order chi connectivity index (χ0) is 7.28. The van der Waals surface area contributed by atoms with E-state index < -0.39 is 18.3 Å². The molecule has 0 aromatic heterocycles. The van der Waals surface area contributed by atoms with E-state index in [1.165, 1.54) is 0 Å². The van der Waals surface area contributed by atoms with Crippen LogP contribution in [0.25, 0.3) is 0 Å². The van der Waals surface area contributed by atoms with E-state index in [0.29, 0.717) is 0 Å². The molecule has 4 radical (unpaired) electrons. The maximum absolute atomic E-state index is 10.2. The lowest BCUT2D eigenvalue weighted by Gasteiger charge is -1.99. The van der Waals surface area contributed by atoms with Crippen LogP contribution in [0, 0.1) is 0 Å². The largest absolute Gasteiger partial charge is 0.720 e. The van der Waals surface area contributed by atoms with E-state index in [2.05, 4.69) is 11.1 Å². The van der Waals surface area contributed by atoms with Crippen molar-refractivity contribution in [3.8, 4) is 0 Å². The average Bonchev–Trinajstić information content (AvgIpc) is 1.87. The van der Waals surface area contributed by atoms with Gasteiger partial charge in [-0.2, -0.15) is 0 Å². The molecular weight excluding hydrogens is 270 g/mol. The zero-order valence-electron chi connectivity index (χ0n) is 6.70. The summed E-state index contributed by atoms with van der Waals surface area (Å²) < 4.78 is 32.8. The molecule has 0 saturated carbocycles. The van der Waals surface area contributed by atoms with Crippen LogP contribution in [0.3, 0.4) is 0 Å². The normalized spacial score (nSPS) is 4.86. The van der Waals surface area contributed by atoms with Crippen LogP contribution in [-0.2, 0) is 20.0 Å². The molecule has 84 valence electrons. The highest BCUT2D eigenvalue weighted by Crippen LogP contribution is 1.75. The minimum Gasteiger partial charge on any atom is -0.664 e. The van der Waals surface area contributed by atoms with Crippen molar-refractivity contribution < 1.29 is 47.4 Å². The summed E-state index contributed by atoms with van der Waals surface area (Å²) >= 11 is 3.46. The molecular formula is H10Al2O10Si2. The van der Waals surface area contributed by atoms with Crippen molar-refractivity contribution in [3.05, 3.63) is 0 Å². The SMILES string of the molecule is O.O.O.O.O.O=[Si]([O][Al])O[Si](=O)[O][Al]. The second-order valence-corrected chi connectivity index (χ2v) is 4.54. The molecule has 0 aliphatic rings. The Kier molecular flexibility index (Phi) is 61.0. The fourth-order valence-corrected chi connectivity index (χ4v) is 1.91. The van der Waals surface area contributed by atoms with Crippen LogP contribution in [0.15, 0.2) is 0 Å². The Hall–Kier alpha value is 0.299. The van der Waals surface area contributed by atoms with Gasteiger partial charge in [0.2, 0.25) is 0 Å². The summed E-state index contributed by atoms with van der Waals surface area (Å²) in [6.45, 7) is 0. The molecule has 0 aliphatic carbocycles. The Balaban J connectivity index is -0.0000000320. The molecule has 0 saturated heterocycles. The van der Waals surface area contributed by atoms with Gasteiger partial charge in [0, 0.05) is 0 Å². The summed E-state index contributed by atoms with van der Waals surface area (Å²) in [5, 5.41) is 0. The molecule has 0 aromatic rings. The third kappa shape index (κ3) is 22.8. The van der Waals surface area contributed by atoms with Gasteiger partial charge >= 0.3 is 51.6 Å². The maximum atomic E-state index is 10.2. The van der Waals surface area contributed by atoms with Gasteiger partial charge < -0.3 is 38.5 Å². The van der Waals surface area contributed by atoms with Crippen molar-refractivity contribution in [1.29, 1.82) is 0 Å². The molecule has 10 nitrogen and oxygen atoms in total. The minimum atomic E-state index is -2.63. The summed E-state index contributed by atoms with van der Waals surface area (Å²) in [6.07, 6.45) is 0. The highest BCUT2D eigenvalue weighted by Gasteiger charge is 2.15. The Bertz CT molecular complexity index is 111. The number of rotatable bonds is 4. The summed E-state index contributed by atoms with van der Waals surface area (Å²) in [4.78, 5) is 0. The van der Waals surface area contributed by atoms with E-state index in [-0.39, 0.29) is 27.4 Å². The average molecular weight is 280 g/mol. The molecule has 0 heterocycles. The van der Waals surface area contributed by atoms with Gasteiger partial charge in [-0.05, 0) is 0 Å². The first kappa shape index (κ1) is 36.7. The van der Waals surface area contributed by atoms with E-state index in [4.69, 9.17) is 0 Å². The number of hydrogen-bond acceptors (Lipinski definition) is 5. The molecule has 0 amide bonds. The van der Waals surface area contributed by atoms with Crippen molar-refractivity contribution >= 4 is 51.6 Å². The van der Waals surface area contributed by atoms with Gasteiger partial charge in [0.15, 0.2) is 0 Å². The predicted molar refractivity (Wildman–Crippen MR) is 45.7 cm³/mol. The summed E-state index contributed by atoms with van der Waals surface area (Å²) in [7, 11) is -5.27. The van der Waals surface area contributed by atoms with E-state index in [1.54, 1.807) is 33.2 Å². The van der Waals surface area contributed by atoms with Crippen LogP contribution < -0.4 is 0 Å². The number of hydrogen-bond donors (Lipinski definition) is 0. The zero-order valence-corrected chi connectivity index (χ0v) is 11.0. The molecule has 0 aromatic carbocycles. The van der Waals surface area contributed by atoms with E-state index in [9.17, 15) is 8.92 Å². The molecule has 14 heavy (non-hydrogen) atoms. The lowest BCUT2D eigenvalue weighted by atomic mass is 15.7. The van der Waals surface area contributed by atoms with E-state index in [1.807, 2.05) is 0 Å². The molecule has 0 bridgehead atoms. The topological polar surface area (TPSA) is 219 Å². The summed E-state index contributed by atoms with van der Waals surface area (Å²) in [5.41, 5.74) is 0. The minimum absolute atomic E-state index is 0. The Morgan fingerprint density at radius 1 is 0.714 bits per heavy atom. The van der Waals surface area contributed by atoms with Crippen LogP contribution in [-0.4, -0.2) is 79.0 Å². The van der Waals surface area contributed by atoms with Crippen molar-refractivity contribution in [3.63, 3.8) is 0 Å². The second-order valence-electron chi connectivity index (χ2n) is 0.838. The third-order valence-electron chi connectivity index (χ3n) is 0.359. The molecule has 0 atom stereocenters. The third-order valence-corrected chi connectivity index (χ3v) is 3.23. The van der Waals surface area contributed by atoms with Gasteiger partial charge in [-0.3, -0.25) is 8.92 Å². The molecule has 14 heteroatoms. The standard InChI is InChI=1S/2Al.O5Si2.5H2O/c;;1-6(2)5-7(3)4;;;;;/h;;;5*1H2/q2*+1;-2;;;;;. The molecule has 0 rings (SSSR count). The summed E-state index contributed by atoms with van der Waals surface area (Å²) in [6, 6.07) is 0. The first-order valence-corrected chi connectivity index (χ1v) is 5.09. The lowest BCUT2D eigenvalue weighted by Crippen LogP contribution is -2.19. The van der Waals surface area contributed by atoms with Crippen molar-refractivity contribution in [2.24, 2.45) is 0 Å². The van der Waals surface area contributed by atoms with Crippen molar-refractivity contribution in [1.82, 2.24) is 0 Å². The molecule has 0 fully saturated rings. The predicted octanol–water partition coefficient (Wildman–Crippen LogP) is -6.09. The summed E-state index contributed by atoms with van der Waals surface area (Å²) in [5.74, 6) is 0. The fourth-order valence-electron chi connectivity index (χ4n) is 0.116. The van der Waals surface area contributed by atoms with Crippen molar-refractivity contribution in [2.45, 2.75) is 0 Å². The smallest absolute Gasteiger partial charge is 0.664 e. The van der Waals surface area contributed by atoms with Gasteiger partial charge in [0.05, 0.1) is 0 Å². The highest BCUT2D eigenvalue weighted by molar-refractivity contribution is 6.47. The first-order chi connectivity index (χ1) is 4.20. The highest BCUT2D eigenvalue weighted by atomic mass is 28.4. The van der Waals surface area contributed by atoms with E-state index >= 15 is 0 Å². The Morgan fingerprint density at radius 3 is 1.07 bits per heavy atom. The lowest BCUT2D eigenvalue weighted by molar-refractivity contribution is 0.298. The van der Waals surface area contributed by atoms with E-state index in [0.717, 1.165) is 0 Å². The molecule has 0 aliphatic heterocycles. The Labute approximate surface area is 99.0 Å². The van der Waals surface area contributed by atoms with Crippen LogP contribution in [0.1, 0.15) is 0 Å². The van der Waals surface area contributed by atoms with Crippen molar-refractivity contribution in [2.75, 3.05) is 0 Å². The molecule has 10 N–H and O–H groups in total. The monoisotopic (exact) mass is 280 g/mol. The Morgan fingerprint density at radius 2 is 0.929 bits per heavy atom. The van der Waals surface area contributed by atoms with Gasteiger partial charge in [-0.25, -0.2) is 0 Å². The molecule has 0 spiro atoms. The first-order valence-electron chi connectivity index (χ1n) is 1.70. The van der Waals surface area contributed by atoms with Crippen LogP contribution in [0.4, 0.5) is 0 Å². The van der Waals surface area contributed by atoms with Crippen LogP contribution >= 0.6 is 0 Å².